The van der Waals surface area contributed by atoms with Crippen molar-refractivity contribution in [2.45, 2.75) is 19.1 Å². The summed E-state index contributed by atoms with van der Waals surface area (Å²) in [5, 5.41) is 2.71. The second-order valence-corrected chi connectivity index (χ2v) is 3.92. The van der Waals surface area contributed by atoms with Gasteiger partial charge in [-0.2, -0.15) is 0 Å². The monoisotopic (exact) mass is 223 g/mol. The number of ether oxygens (including phenoxy) is 1. The first kappa shape index (κ1) is 10.9. The Morgan fingerprint density at radius 2 is 2.12 bits per heavy atom. The van der Waals surface area contributed by atoms with Crippen LogP contribution in [-0.2, 0) is 11.3 Å². The van der Waals surface area contributed by atoms with Crippen LogP contribution in [0.2, 0.25) is 0 Å². The molecule has 1 amide bonds. The third-order valence-electron chi connectivity index (χ3n) is 2.68. The summed E-state index contributed by atoms with van der Waals surface area (Å²) in [6.45, 7) is 0.437. The van der Waals surface area contributed by atoms with E-state index in [9.17, 15) is 9.18 Å². The molecular weight excluding hydrogens is 209 g/mol. The Hall–Kier alpha value is -1.58. The summed E-state index contributed by atoms with van der Waals surface area (Å²) < 4.78 is 17.6. The molecule has 0 unspecified atom stereocenters. The third kappa shape index (κ3) is 2.51. The topological polar surface area (TPSA) is 38.3 Å². The predicted octanol–water partition coefficient (Wildman–Crippen LogP) is 1.67. The van der Waals surface area contributed by atoms with Crippen LogP contribution >= 0.6 is 0 Å². The highest BCUT2D eigenvalue weighted by atomic mass is 19.1. The molecule has 1 aromatic carbocycles. The van der Waals surface area contributed by atoms with Crippen LogP contribution in [0.15, 0.2) is 24.3 Å². The fourth-order valence-corrected chi connectivity index (χ4v) is 1.50. The van der Waals surface area contributed by atoms with Gasteiger partial charge in [-0.05, 0) is 24.1 Å². The van der Waals surface area contributed by atoms with Crippen LogP contribution in [0.5, 0.6) is 5.75 Å². The van der Waals surface area contributed by atoms with Crippen molar-refractivity contribution in [3.8, 4) is 5.75 Å². The van der Waals surface area contributed by atoms with Crippen LogP contribution in [0.1, 0.15) is 12.0 Å². The fourth-order valence-electron chi connectivity index (χ4n) is 1.50. The van der Waals surface area contributed by atoms with Gasteiger partial charge in [0, 0.05) is 6.54 Å². The zero-order valence-electron chi connectivity index (χ0n) is 9.07. The lowest BCUT2D eigenvalue weighted by atomic mass is 10.2. The molecule has 3 nitrogen and oxygen atoms in total. The molecule has 1 fully saturated rings. The number of benzene rings is 1. The molecule has 2 rings (SSSR count). The van der Waals surface area contributed by atoms with Gasteiger partial charge < -0.3 is 10.1 Å². The van der Waals surface area contributed by atoms with Gasteiger partial charge in [-0.15, -0.1) is 0 Å². The molecule has 1 aromatic rings. The van der Waals surface area contributed by atoms with Crippen molar-refractivity contribution in [1.29, 1.82) is 0 Å². The molecule has 0 spiro atoms. The average molecular weight is 223 g/mol. The number of amides is 1. The molecule has 0 bridgehead atoms. The molecule has 0 aliphatic heterocycles. The molecule has 4 heteroatoms. The zero-order chi connectivity index (χ0) is 11.5. The Morgan fingerprint density at radius 1 is 1.50 bits per heavy atom. The maximum absolute atomic E-state index is 12.6. The van der Waals surface area contributed by atoms with E-state index in [-0.39, 0.29) is 5.91 Å². The van der Waals surface area contributed by atoms with Crippen molar-refractivity contribution >= 4 is 5.91 Å². The SMILES string of the molecule is COc1ccc(CNC(=O)[C@H]2C[C@@H]2F)cc1. The molecule has 0 radical (unpaired) electrons. The highest BCUT2D eigenvalue weighted by Crippen LogP contribution is 2.33. The Bertz CT molecular complexity index is 377. The van der Waals surface area contributed by atoms with E-state index in [0.29, 0.717) is 13.0 Å². The van der Waals surface area contributed by atoms with Gasteiger partial charge in [-0.3, -0.25) is 4.79 Å². The summed E-state index contributed by atoms with van der Waals surface area (Å²) >= 11 is 0. The summed E-state index contributed by atoms with van der Waals surface area (Å²) in [4.78, 5) is 11.3. The quantitative estimate of drug-likeness (QED) is 0.843. The Balaban J connectivity index is 1.82. The standard InChI is InChI=1S/C12H14FNO2/c1-16-9-4-2-8(3-5-9)7-14-12(15)10-6-11(10)13/h2-5,10-11H,6-7H2,1H3,(H,14,15)/t10-,11-/m0/s1. The van der Waals surface area contributed by atoms with Crippen LogP contribution < -0.4 is 10.1 Å². The molecule has 0 heterocycles. The second kappa shape index (κ2) is 4.51. The van der Waals surface area contributed by atoms with E-state index in [1.807, 2.05) is 24.3 Å². The normalized spacial score (nSPS) is 22.6. The molecule has 1 N–H and O–H groups in total. The van der Waals surface area contributed by atoms with Gasteiger partial charge in [0.1, 0.15) is 11.9 Å². The number of halogens is 1. The number of hydrogen-bond donors (Lipinski definition) is 1. The van der Waals surface area contributed by atoms with E-state index in [1.165, 1.54) is 0 Å². The number of rotatable bonds is 4. The zero-order valence-corrected chi connectivity index (χ0v) is 9.07. The van der Waals surface area contributed by atoms with Crippen molar-refractivity contribution in [3.63, 3.8) is 0 Å². The van der Waals surface area contributed by atoms with E-state index in [2.05, 4.69) is 5.32 Å². The van der Waals surface area contributed by atoms with Gasteiger partial charge in [0.05, 0.1) is 13.0 Å². The summed E-state index contributed by atoms with van der Waals surface area (Å²) in [5.41, 5.74) is 0.977. The van der Waals surface area contributed by atoms with Crippen molar-refractivity contribution in [2.24, 2.45) is 5.92 Å². The predicted molar refractivity (Wildman–Crippen MR) is 57.8 cm³/mol. The summed E-state index contributed by atoms with van der Waals surface area (Å²) in [6, 6.07) is 7.41. The van der Waals surface area contributed by atoms with Gasteiger partial charge in [0.15, 0.2) is 0 Å². The lowest BCUT2D eigenvalue weighted by Gasteiger charge is -2.05. The molecule has 1 saturated carbocycles. The first-order valence-corrected chi connectivity index (χ1v) is 5.25. The van der Waals surface area contributed by atoms with Gasteiger partial charge in [-0.1, -0.05) is 12.1 Å². The minimum absolute atomic E-state index is 0.191. The van der Waals surface area contributed by atoms with E-state index in [0.717, 1.165) is 11.3 Å². The van der Waals surface area contributed by atoms with Crippen LogP contribution in [0.3, 0.4) is 0 Å². The van der Waals surface area contributed by atoms with Gasteiger partial charge in [-0.25, -0.2) is 4.39 Å². The average Bonchev–Trinajstić information content (AvgIpc) is 3.04. The third-order valence-corrected chi connectivity index (χ3v) is 2.68. The van der Waals surface area contributed by atoms with Crippen LogP contribution in [-0.4, -0.2) is 19.2 Å². The number of carbonyl (C=O) groups is 1. The molecule has 2 atom stereocenters. The molecule has 1 aliphatic rings. The summed E-state index contributed by atoms with van der Waals surface area (Å²) in [6.07, 6.45) is -0.565. The van der Waals surface area contributed by atoms with E-state index in [4.69, 9.17) is 4.74 Å². The van der Waals surface area contributed by atoms with E-state index in [1.54, 1.807) is 7.11 Å². The fraction of sp³-hybridized carbons (Fsp3) is 0.417. The number of methoxy groups -OCH3 is 1. The smallest absolute Gasteiger partial charge is 0.226 e. The lowest BCUT2D eigenvalue weighted by Crippen LogP contribution is -2.25. The molecule has 0 saturated heterocycles. The largest absolute Gasteiger partial charge is 0.497 e. The summed E-state index contributed by atoms with van der Waals surface area (Å²) in [7, 11) is 1.60. The van der Waals surface area contributed by atoms with E-state index >= 15 is 0 Å². The van der Waals surface area contributed by atoms with Crippen molar-refractivity contribution < 1.29 is 13.9 Å². The molecule has 16 heavy (non-hydrogen) atoms. The maximum atomic E-state index is 12.6. The van der Waals surface area contributed by atoms with Gasteiger partial charge >= 0.3 is 0 Å². The molecule has 1 aliphatic carbocycles. The first-order valence-electron chi connectivity index (χ1n) is 5.25. The number of carbonyl (C=O) groups excluding carboxylic acids is 1. The highest BCUT2D eigenvalue weighted by Gasteiger charge is 2.43. The first-order chi connectivity index (χ1) is 7.70. The number of nitrogens with one attached hydrogen (secondary N) is 1. The Morgan fingerprint density at radius 3 is 2.62 bits per heavy atom. The Kier molecular flexibility index (Phi) is 3.08. The van der Waals surface area contributed by atoms with Crippen LogP contribution in [0.4, 0.5) is 4.39 Å². The minimum atomic E-state index is -0.934. The van der Waals surface area contributed by atoms with Crippen LogP contribution in [0.25, 0.3) is 0 Å². The molecule has 86 valence electrons. The van der Waals surface area contributed by atoms with Gasteiger partial charge in [0.2, 0.25) is 5.91 Å². The molecular formula is C12H14FNO2. The lowest BCUT2D eigenvalue weighted by molar-refractivity contribution is -0.122. The number of alkyl halides is 1. The van der Waals surface area contributed by atoms with Gasteiger partial charge in [0.25, 0.3) is 0 Å². The summed E-state index contributed by atoms with van der Waals surface area (Å²) in [5.74, 6) is 0.169. The maximum Gasteiger partial charge on any atom is 0.226 e. The molecule has 0 aromatic heterocycles. The highest BCUT2D eigenvalue weighted by molar-refractivity contribution is 5.81. The minimum Gasteiger partial charge on any atom is -0.497 e. The van der Waals surface area contributed by atoms with E-state index < -0.39 is 12.1 Å². The number of hydrogen-bond acceptors (Lipinski definition) is 2. The van der Waals surface area contributed by atoms with Crippen molar-refractivity contribution in [1.82, 2.24) is 5.32 Å². The van der Waals surface area contributed by atoms with Crippen LogP contribution in [0, 0.1) is 5.92 Å². The van der Waals surface area contributed by atoms with Crippen molar-refractivity contribution in [2.75, 3.05) is 7.11 Å². The second-order valence-electron chi connectivity index (χ2n) is 3.92. The van der Waals surface area contributed by atoms with Crippen molar-refractivity contribution in [3.05, 3.63) is 29.8 Å². The Labute approximate surface area is 93.6 Å².